The van der Waals surface area contributed by atoms with Crippen LogP contribution in [0.15, 0.2) is 12.6 Å². The first-order valence-corrected chi connectivity index (χ1v) is 8.81. The maximum absolute atomic E-state index is 14.1. The number of carbonyl (C=O) groups is 1. The van der Waals surface area contributed by atoms with Gasteiger partial charge in [0.25, 0.3) is 0 Å². The van der Waals surface area contributed by atoms with E-state index in [4.69, 9.17) is 15.2 Å². The Morgan fingerprint density at radius 1 is 1.38 bits per heavy atom. The van der Waals surface area contributed by atoms with E-state index in [1.165, 1.54) is 11.0 Å². The maximum Gasteiger partial charge on any atom is 0.410 e. The smallest absolute Gasteiger partial charge is 0.410 e. The molecule has 146 valence electrons. The Morgan fingerprint density at radius 2 is 2.00 bits per heavy atom. The predicted octanol–water partition coefficient (Wildman–Crippen LogP) is 4.52. The second-order valence-corrected chi connectivity index (χ2v) is 7.29. The van der Waals surface area contributed by atoms with E-state index in [1.54, 1.807) is 14.0 Å². The van der Waals surface area contributed by atoms with Crippen LogP contribution in [0.5, 0.6) is 0 Å². The fraction of sp³-hybridized carbons (Fsp3) is 0.550. The summed E-state index contributed by atoms with van der Waals surface area (Å²) in [7, 11) is 1.68. The van der Waals surface area contributed by atoms with Crippen molar-refractivity contribution < 1.29 is 18.7 Å². The fourth-order valence-electron chi connectivity index (χ4n) is 2.64. The molecule has 0 aromatic heterocycles. The molecule has 0 spiro atoms. The van der Waals surface area contributed by atoms with Gasteiger partial charge in [0.1, 0.15) is 17.2 Å². The summed E-state index contributed by atoms with van der Waals surface area (Å²) in [5.74, 6) is 0.0784. The van der Waals surface area contributed by atoms with Gasteiger partial charge in [0.2, 0.25) is 0 Å². The number of anilines is 1. The fourth-order valence-corrected chi connectivity index (χ4v) is 2.64. The van der Waals surface area contributed by atoms with Crippen molar-refractivity contribution in [1.29, 1.82) is 0 Å². The van der Waals surface area contributed by atoms with Crippen LogP contribution in [-0.4, -0.2) is 36.8 Å². The molecule has 1 amide bonds. The molecule has 0 heterocycles. The zero-order valence-corrected chi connectivity index (χ0v) is 16.7. The second-order valence-electron chi connectivity index (χ2n) is 7.29. The Hall–Kier alpha value is -2.24. The molecule has 0 aliphatic heterocycles. The Labute approximate surface area is 156 Å². The number of amides is 1. The molecule has 0 aliphatic carbocycles. The van der Waals surface area contributed by atoms with Crippen LogP contribution >= 0.6 is 0 Å². The lowest BCUT2D eigenvalue weighted by molar-refractivity contribution is 0.0297. The van der Waals surface area contributed by atoms with Gasteiger partial charge < -0.3 is 20.1 Å². The van der Waals surface area contributed by atoms with Crippen LogP contribution in [0.3, 0.4) is 0 Å². The summed E-state index contributed by atoms with van der Waals surface area (Å²) >= 11 is 0. The molecular formula is C20H31FN2O3. The van der Waals surface area contributed by atoms with Crippen molar-refractivity contribution in [2.75, 3.05) is 25.9 Å². The molecule has 5 nitrogen and oxygen atoms in total. The predicted molar refractivity (Wildman–Crippen MR) is 103 cm³/mol. The van der Waals surface area contributed by atoms with Crippen molar-refractivity contribution in [1.82, 2.24) is 4.90 Å². The summed E-state index contributed by atoms with van der Waals surface area (Å²) in [6.45, 7) is 13.9. The molecule has 1 rings (SSSR count). The molecule has 0 radical (unpaired) electrons. The number of rotatable bonds is 7. The number of nitrogens with two attached hydrogens (primary N) is 1. The van der Waals surface area contributed by atoms with E-state index in [1.807, 2.05) is 27.7 Å². The topological polar surface area (TPSA) is 64.8 Å². The number of benzene rings is 1. The van der Waals surface area contributed by atoms with Gasteiger partial charge in [-0.1, -0.05) is 6.58 Å². The molecule has 26 heavy (non-hydrogen) atoms. The molecular weight excluding hydrogens is 335 g/mol. The van der Waals surface area contributed by atoms with Gasteiger partial charge in [0.05, 0.1) is 6.61 Å². The van der Waals surface area contributed by atoms with Crippen molar-refractivity contribution in [2.24, 2.45) is 0 Å². The number of hydrogen-bond donors (Lipinski definition) is 1. The zero-order chi connectivity index (χ0) is 20.1. The van der Waals surface area contributed by atoms with Crippen LogP contribution in [0.1, 0.15) is 50.8 Å². The van der Waals surface area contributed by atoms with Crippen LogP contribution in [0.25, 0.3) is 5.76 Å². The van der Waals surface area contributed by atoms with E-state index in [0.717, 1.165) is 5.56 Å². The SMILES string of the molecule is C=C(OCC)c1c(N)cc(F)c(C)c1CCCN(C)C(=O)OC(C)(C)C. The van der Waals surface area contributed by atoms with Gasteiger partial charge in [-0.05, 0) is 64.7 Å². The minimum atomic E-state index is -0.540. The molecule has 1 aromatic rings. The lowest BCUT2D eigenvalue weighted by atomic mass is 9.94. The van der Waals surface area contributed by atoms with Gasteiger partial charge in [0, 0.05) is 24.8 Å². The maximum atomic E-state index is 14.1. The summed E-state index contributed by atoms with van der Waals surface area (Å²) in [6.07, 6.45) is 0.792. The van der Waals surface area contributed by atoms with E-state index in [9.17, 15) is 9.18 Å². The van der Waals surface area contributed by atoms with Crippen LogP contribution in [0.4, 0.5) is 14.9 Å². The molecule has 2 N–H and O–H groups in total. The highest BCUT2D eigenvalue weighted by Gasteiger charge is 2.20. The molecule has 0 unspecified atom stereocenters. The van der Waals surface area contributed by atoms with Crippen LogP contribution in [0, 0.1) is 12.7 Å². The van der Waals surface area contributed by atoms with Gasteiger partial charge in [-0.3, -0.25) is 0 Å². The highest BCUT2D eigenvalue weighted by atomic mass is 19.1. The number of ether oxygens (including phenoxy) is 2. The Bertz CT molecular complexity index is 666. The second kappa shape index (κ2) is 8.92. The van der Waals surface area contributed by atoms with Gasteiger partial charge in [-0.2, -0.15) is 0 Å². The van der Waals surface area contributed by atoms with E-state index in [0.29, 0.717) is 48.6 Å². The van der Waals surface area contributed by atoms with Crippen LogP contribution in [0.2, 0.25) is 0 Å². The molecule has 0 aliphatic rings. The highest BCUT2D eigenvalue weighted by Crippen LogP contribution is 2.31. The summed E-state index contributed by atoms with van der Waals surface area (Å²) in [4.78, 5) is 13.5. The molecule has 6 heteroatoms. The third-order valence-corrected chi connectivity index (χ3v) is 3.91. The summed E-state index contributed by atoms with van der Waals surface area (Å²) in [6, 6.07) is 1.30. The monoisotopic (exact) mass is 366 g/mol. The number of nitrogens with zero attached hydrogens (tertiary/aromatic N) is 1. The molecule has 1 aromatic carbocycles. The van der Waals surface area contributed by atoms with Crippen LogP contribution in [-0.2, 0) is 15.9 Å². The number of carbonyl (C=O) groups excluding carboxylic acids is 1. The summed E-state index contributed by atoms with van der Waals surface area (Å²) < 4.78 is 24.9. The van der Waals surface area contributed by atoms with Crippen molar-refractivity contribution in [2.45, 2.75) is 53.1 Å². The Kier molecular flexibility index (Phi) is 7.48. The molecule has 0 saturated carbocycles. The third kappa shape index (κ3) is 5.93. The van der Waals surface area contributed by atoms with Crippen LogP contribution < -0.4 is 5.73 Å². The first-order chi connectivity index (χ1) is 12.0. The van der Waals surface area contributed by atoms with Gasteiger partial charge in [-0.15, -0.1) is 0 Å². The first-order valence-electron chi connectivity index (χ1n) is 8.81. The minimum absolute atomic E-state index is 0.307. The average molecular weight is 366 g/mol. The van der Waals surface area contributed by atoms with Crippen molar-refractivity contribution in [3.63, 3.8) is 0 Å². The van der Waals surface area contributed by atoms with Gasteiger partial charge in [0.15, 0.2) is 0 Å². The Morgan fingerprint density at radius 3 is 2.54 bits per heavy atom. The standard InChI is InChI=1S/C20H31FN2O3/c1-8-25-14(3)18-15(13(2)16(21)12-17(18)22)10-9-11-23(7)19(24)26-20(4,5)6/h12H,3,8-11,22H2,1-2,4-7H3. The normalized spacial score (nSPS) is 11.2. The lowest BCUT2D eigenvalue weighted by Gasteiger charge is -2.25. The van der Waals surface area contributed by atoms with E-state index in [2.05, 4.69) is 6.58 Å². The van der Waals surface area contributed by atoms with Crippen molar-refractivity contribution in [3.05, 3.63) is 35.2 Å². The number of halogens is 1. The average Bonchev–Trinajstić information content (AvgIpc) is 2.50. The highest BCUT2D eigenvalue weighted by molar-refractivity contribution is 5.74. The number of hydrogen-bond acceptors (Lipinski definition) is 4. The number of nitrogen functional groups attached to an aromatic ring is 1. The minimum Gasteiger partial charge on any atom is -0.494 e. The Balaban J connectivity index is 2.89. The van der Waals surface area contributed by atoms with Gasteiger partial charge in [-0.25, -0.2) is 9.18 Å². The summed E-state index contributed by atoms with van der Waals surface area (Å²) in [5, 5.41) is 0. The first kappa shape index (κ1) is 21.8. The largest absolute Gasteiger partial charge is 0.494 e. The quantitative estimate of drug-likeness (QED) is 0.569. The summed E-state index contributed by atoms with van der Waals surface area (Å²) in [5.41, 5.74) is 7.70. The van der Waals surface area contributed by atoms with E-state index in [-0.39, 0.29) is 11.9 Å². The molecule has 0 bridgehead atoms. The van der Waals surface area contributed by atoms with Crippen molar-refractivity contribution >= 4 is 17.5 Å². The lowest BCUT2D eigenvalue weighted by Crippen LogP contribution is -2.34. The van der Waals surface area contributed by atoms with E-state index >= 15 is 0 Å². The van der Waals surface area contributed by atoms with E-state index < -0.39 is 5.60 Å². The third-order valence-electron chi connectivity index (χ3n) is 3.91. The van der Waals surface area contributed by atoms with Gasteiger partial charge >= 0.3 is 6.09 Å². The molecule has 0 fully saturated rings. The zero-order valence-electron chi connectivity index (χ0n) is 16.7. The molecule has 0 atom stereocenters. The molecule has 0 saturated heterocycles. The van der Waals surface area contributed by atoms with Crippen molar-refractivity contribution in [3.8, 4) is 0 Å².